The minimum atomic E-state index is -3.53. The maximum atomic E-state index is 11.2. The Bertz CT molecular complexity index is 407. The Labute approximate surface area is 87.7 Å². The summed E-state index contributed by atoms with van der Waals surface area (Å²) in [5, 5.41) is 0.119. The van der Waals surface area contributed by atoms with Crippen LogP contribution in [0, 0.1) is 0 Å². The SMILES string of the molecule is CCNS(=O)(=O)Nc1cccnc1Cl. The van der Waals surface area contributed by atoms with E-state index in [0.29, 0.717) is 6.54 Å². The predicted octanol–water partition coefficient (Wildman–Crippen LogP) is 1.00. The fourth-order valence-corrected chi connectivity index (χ4v) is 1.96. The molecule has 78 valence electrons. The Morgan fingerprint density at radius 2 is 2.29 bits per heavy atom. The number of halogens is 1. The van der Waals surface area contributed by atoms with Gasteiger partial charge in [-0.15, -0.1) is 0 Å². The fraction of sp³-hybridized carbons (Fsp3) is 0.286. The lowest BCUT2D eigenvalue weighted by molar-refractivity contribution is 0.589. The molecule has 0 unspecified atom stereocenters. The van der Waals surface area contributed by atoms with E-state index in [1.807, 2.05) is 0 Å². The lowest BCUT2D eigenvalue weighted by Gasteiger charge is -2.07. The van der Waals surface area contributed by atoms with Crippen LogP contribution in [-0.4, -0.2) is 19.9 Å². The zero-order valence-corrected chi connectivity index (χ0v) is 9.06. The van der Waals surface area contributed by atoms with Gasteiger partial charge in [0.25, 0.3) is 10.2 Å². The number of pyridine rings is 1. The molecule has 1 rings (SSSR count). The van der Waals surface area contributed by atoms with Crippen LogP contribution in [0.15, 0.2) is 18.3 Å². The maximum absolute atomic E-state index is 11.2. The third kappa shape index (κ3) is 3.13. The Hall–Kier alpha value is -0.850. The summed E-state index contributed by atoms with van der Waals surface area (Å²) >= 11 is 5.66. The van der Waals surface area contributed by atoms with Crippen LogP contribution in [0.1, 0.15) is 6.92 Å². The van der Waals surface area contributed by atoms with Crippen molar-refractivity contribution < 1.29 is 8.42 Å². The standard InChI is InChI=1S/C7H10ClN3O2S/c1-2-10-14(12,13)11-6-4-3-5-9-7(6)8/h3-5,10-11H,2H2,1H3. The lowest BCUT2D eigenvalue weighted by Crippen LogP contribution is -2.29. The highest BCUT2D eigenvalue weighted by Gasteiger charge is 2.09. The summed E-state index contributed by atoms with van der Waals surface area (Å²) in [6.07, 6.45) is 1.48. The largest absolute Gasteiger partial charge is 0.299 e. The summed E-state index contributed by atoms with van der Waals surface area (Å²) in [5.74, 6) is 0. The van der Waals surface area contributed by atoms with Crippen molar-refractivity contribution in [3.8, 4) is 0 Å². The number of aromatic nitrogens is 1. The van der Waals surface area contributed by atoms with Gasteiger partial charge in [0.05, 0.1) is 5.69 Å². The van der Waals surface area contributed by atoms with Crippen LogP contribution in [-0.2, 0) is 10.2 Å². The number of rotatable bonds is 4. The number of hydrogen-bond donors (Lipinski definition) is 2. The molecular weight excluding hydrogens is 226 g/mol. The first-order valence-corrected chi connectivity index (χ1v) is 5.79. The van der Waals surface area contributed by atoms with Crippen LogP contribution in [0.25, 0.3) is 0 Å². The summed E-state index contributed by atoms with van der Waals surface area (Å²) in [6.45, 7) is 2.00. The molecule has 0 aromatic carbocycles. The Balaban J connectivity index is 2.84. The number of nitrogens with zero attached hydrogens (tertiary/aromatic N) is 1. The first-order valence-electron chi connectivity index (χ1n) is 3.93. The van der Waals surface area contributed by atoms with E-state index in [9.17, 15) is 8.42 Å². The van der Waals surface area contributed by atoms with Gasteiger partial charge in [-0.2, -0.15) is 13.1 Å². The minimum absolute atomic E-state index is 0.119. The Morgan fingerprint density at radius 1 is 1.57 bits per heavy atom. The maximum Gasteiger partial charge on any atom is 0.299 e. The highest BCUT2D eigenvalue weighted by molar-refractivity contribution is 7.90. The highest BCUT2D eigenvalue weighted by Crippen LogP contribution is 2.17. The lowest BCUT2D eigenvalue weighted by atomic mass is 10.4. The molecule has 0 radical (unpaired) electrons. The third-order valence-electron chi connectivity index (χ3n) is 1.34. The average molecular weight is 236 g/mol. The van der Waals surface area contributed by atoms with Crippen LogP contribution in [0.2, 0.25) is 5.15 Å². The molecule has 0 bridgehead atoms. The van der Waals surface area contributed by atoms with Gasteiger partial charge in [0.2, 0.25) is 0 Å². The molecule has 1 aromatic heterocycles. The van der Waals surface area contributed by atoms with Gasteiger partial charge in [0, 0.05) is 12.7 Å². The van der Waals surface area contributed by atoms with Crippen molar-refractivity contribution in [3.63, 3.8) is 0 Å². The molecule has 1 aromatic rings. The molecule has 14 heavy (non-hydrogen) atoms. The predicted molar refractivity (Wildman–Crippen MR) is 55.5 cm³/mol. The molecule has 0 aliphatic carbocycles. The van der Waals surface area contributed by atoms with Crippen LogP contribution >= 0.6 is 11.6 Å². The first-order chi connectivity index (χ1) is 6.55. The first kappa shape index (κ1) is 11.2. The molecule has 0 saturated carbocycles. The molecule has 5 nitrogen and oxygen atoms in total. The van der Waals surface area contributed by atoms with Gasteiger partial charge in [-0.3, -0.25) is 4.72 Å². The van der Waals surface area contributed by atoms with Crippen molar-refractivity contribution in [1.29, 1.82) is 0 Å². The topological polar surface area (TPSA) is 71.1 Å². The summed E-state index contributed by atoms with van der Waals surface area (Å²) in [7, 11) is -3.53. The van der Waals surface area contributed by atoms with Crippen molar-refractivity contribution in [2.24, 2.45) is 0 Å². The van der Waals surface area contributed by atoms with E-state index in [1.54, 1.807) is 13.0 Å². The summed E-state index contributed by atoms with van der Waals surface area (Å²) in [4.78, 5) is 3.73. The minimum Gasteiger partial charge on any atom is -0.268 e. The van der Waals surface area contributed by atoms with E-state index in [2.05, 4.69) is 14.4 Å². The van der Waals surface area contributed by atoms with Crippen molar-refractivity contribution in [3.05, 3.63) is 23.5 Å². The van der Waals surface area contributed by atoms with Gasteiger partial charge >= 0.3 is 0 Å². The van der Waals surface area contributed by atoms with E-state index < -0.39 is 10.2 Å². The van der Waals surface area contributed by atoms with E-state index >= 15 is 0 Å². The Kier molecular flexibility index (Phi) is 3.68. The summed E-state index contributed by atoms with van der Waals surface area (Å²) in [6, 6.07) is 3.12. The molecule has 1 heterocycles. The summed E-state index contributed by atoms with van der Waals surface area (Å²) < 4.78 is 27.0. The van der Waals surface area contributed by atoms with Crippen molar-refractivity contribution in [1.82, 2.24) is 9.71 Å². The van der Waals surface area contributed by atoms with Crippen molar-refractivity contribution in [2.45, 2.75) is 6.92 Å². The van der Waals surface area contributed by atoms with Crippen molar-refractivity contribution >= 4 is 27.5 Å². The quantitative estimate of drug-likeness (QED) is 0.765. The molecule has 0 saturated heterocycles. The van der Waals surface area contributed by atoms with E-state index in [1.165, 1.54) is 12.3 Å². The molecule has 0 spiro atoms. The van der Waals surface area contributed by atoms with Gasteiger partial charge in [0.15, 0.2) is 5.15 Å². The second-order valence-electron chi connectivity index (χ2n) is 2.45. The van der Waals surface area contributed by atoms with Crippen LogP contribution in [0.3, 0.4) is 0 Å². The van der Waals surface area contributed by atoms with E-state index in [4.69, 9.17) is 11.6 Å². The highest BCUT2D eigenvalue weighted by atomic mass is 35.5. The zero-order chi connectivity index (χ0) is 10.6. The number of hydrogen-bond acceptors (Lipinski definition) is 3. The fourth-order valence-electron chi connectivity index (χ4n) is 0.833. The van der Waals surface area contributed by atoms with Gasteiger partial charge in [0.1, 0.15) is 0 Å². The van der Waals surface area contributed by atoms with Gasteiger partial charge in [-0.1, -0.05) is 18.5 Å². The third-order valence-corrected chi connectivity index (χ3v) is 2.80. The average Bonchev–Trinajstić information content (AvgIpc) is 2.08. The number of nitrogens with one attached hydrogen (secondary N) is 2. The van der Waals surface area contributed by atoms with Crippen LogP contribution in [0.4, 0.5) is 5.69 Å². The normalized spacial score (nSPS) is 11.3. The smallest absolute Gasteiger partial charge is 0.268 e. The van der Waals surface area contributed by atoms with Crippen LogP contribution < -0.4 is 9.44 Å². The molecule has 0 aliphatic heterocycles. The van der Waals surface area contributed by atoms with Crippen LogP contribution in [0.5, 0.6) is 0 Å². The van der Waals surface area contributed by atoms with Gasteiger partial charge in [-0.05, 0) is 12.1 Å². The zero-order valence-electron chi connectivity index (χ0n) is 7.49. The summed E-state index contributed by atoms with van der Waals surface area (Å²) in [5.41, 5.74) is 0.259. The van der Waals surface area contributed by atoms with Gasteiger partial charge < -0.3 is 0 Å². The van der Waals surface area contributed by atoms with E-state index in [0.717, 1.165) is 0 Å². The molecule has 0 atom stereocenters. The number of anilines is 1. The molecule has 2 N–H and O–H groups in total. The van der Waals surface area contributed by atoms with Gasteiger partial charge in [-0.25, -0.2) is 4.98 Å². The molecule has 7 heteroatoms. The molecular formula is C7H10ClN3O2S. The molecule has 0 aliphatic rings. The molecule has 0 fully saturated rings. The van der Waals surface area contributed by atoms with E-state index in [-0.39, 0.29) is 10.8 Å². The Morgan fingerprint density at radius 3 is 2.86 bits per heavy atom. The monoisotopic (exact) mass is 235 g/mol. The van der Waals surface area contributed by atoms with Crippen molar-refractivity contribution in [2.75, 3.05) is 11.3 Å². The molecule has 0 amide bonds. The second-order valence-corrected chi connectivity index (χ2v) is 4.30. The second kappa shape index (κ2) is 4.59.